The number of hydrogen-bond donors (Lipinski definition) is 0. The summed E-state index contributed by atoms with van der Waals surface area (Å²) in [6.07, 6.45) is 6.74. The minimum Gasteiger partial charge on any atom is -0.468 e. The lowest BCUT2D eigenvalue weighted by Crippen LogP contribution is -2.10. The fraction of sp³-hybridized carbons (Fsp3) is 0.500. The Hall–Kier alpha value is -0.710. The van der Waals surface area contributed by atoms with E-state index in [1.807, 2.05) is 0 Å². The number of halogens is 1. The lowest BCUT2D eigenvalue weighted by molar-refractivity contribution is 0.0236. The molecule has 0 fully saturated rings. The summed E-state index contributed by atoms with van der Waals surface area (Å²) in [6.45, 7) is 2.38. The second-order valence-corrected chi connectivity index (χ2v) is 10.2. The lowest BCUT2D eigenvalue weighted by atomic mass is 10.1. The Morgan fingerprint density at radius 1 is 1.32 bits per heavy atom. The van der Waals surface area contributed by atoms with Crippen LogP contribution in [0, 0.1) is 0 Å². The molecule has 0 atom stereocenters. The molecule has 108 valence electrons. The zero-order valence-electron chi connectivity index (χ0n) is 11.9. The average molecular weight is 305 g/mol. The molecule has 0 amide bonds. The van der Waals surface area contributed by atoms with Crippen molar-refractivity contribution < 1.29 is 14.3 Å². The standard InChI is InChI=1S/C14H21ClO3S/c1-11(16)13-6-5-12(9-14(13)15)18-10-17-7-8-19(2,3)4/h5-6,9H,7-8,10H2,1-4H3. The van der Waals surface area contributed by atoms with Crippen molar-refractivity contribution in [2.24, 2.45) is 0 Å². The number of ketones is 1. The van der Waals surface area contributed by atoms with E-state index < -0.39 is 10.0 Å². The molecule has 0 aliphatic rings. The van der Waals surface area contributed by atoms with E-state index in [4.69, 9.17) is 21.1 Å². The first-order valence-corrected chi connectivity index (χ1v) is 9.37. The predicted octanol–water partition coefficient (Wildman–Crippen LogP) is 3.59. The lowest BCUT2D eigenvalue weighted by Gasteiger charge is -2.24. The van der Waals surface area contributed by atoms with E-state index in [1.165, 1.54) is 6.92 Å². The first-order valence-electron chi connectivity index (χ1n) is 5.96. The third-order valence-corrected chi connectivity index (χ3v) is 4.17. The van der Waals surface area contributed by atoms with Gasteiger partial charge in [0.1, 0.15) is 5.75 Å². The maximum Gasteiger partial charge on any atom is 0.189 e. The number of Topliss-reactive ketones (excluding diaryl/α,β-unsaturated/α-hetero) is 1. The van der Waals surface area contributed by atoms with E-state index in [0.717, 1.165) is 5.75 Å². The van der Waals surface area contributed by atoms with Gasteiger partial charge in [-0.15, -0.1) is 0 Å². The van der Waals surface area contributed by atoms with Crippen molar-refractivity contribution in [1.82, 2.24) is 0 Å². The molecule has 1 aromatic rings. The van der Waals surface area contributed by atoms with E-state index in [0.29, 0.717) is 22.9 Å². The molecule has 0 aromatic heterocycles. The van der Waals surface area contributed by atoms with Gasteiger partial charge in [0.15, 0.2) is 12.6 Å². The van der Waals surface area contributed by atoms with E-state index in [9.17, 15) is 4.79 Å². The second kappa shape index (κ2) is 7.17. The highest BCUT2D eigenvalue weighted by Crippen LogP contribution is 2.33. The van der Waals surface area contributed by atoms with Gasteiger partial charge >= 0.3 is 0 Å². The number of benzene rings is 1. The van der Waals surface area contributed by atoms with Gasteiger partial charge < -0.3 is 9.47 Å². The molecule has 19 heavy (non-hydrogen) atoms. The molecule has 0 N–H and O–H groups in total. The molecular weight excluding hydrogens is 284 g/mol. The molecule has 0 saturated heterocycles. The third-order valence-electron chi connectivity index (χ3n) is 2.47. The van der Waals surface area contributed by atoms with Gasteiger partial charge in [0.2, 0.25) is 0 Å². The van der Waals surface area contributed by atoms with Gasteiger partial charge in [-0.1, -0.05) is 11.6 Å². The second-order valence-electron chi connectivity index (χ2n) is 5.16. The summed E-state index contributed by atoms with van der Waals surface area (Å²) in [5, 5.41) is 0.407. The summed E-state index contributed by atoms with van der Waals surface area (Å²) >= 11 is 5.99. The highest BCUT2D eigenvalue weighted by molar-refractivity contribution is 8.32. The summed E-state index contributed by atoms with van der Waals surface area (Å²) in [6, 6.07) is 5.02. The summed E-state index contributed by atoms with van der Waals surface area (Å²) in [5.41, 5.74) is 0.506. The normalized spacial score (nSPS) is 12.3. The molecular formula is C14H21ClO3S. The van der Waals surface area contributed by atoms with Gasteiger partial charge in [0.25, 0.3) is 0 Å². The van der Waals surface area contributed by atoms with E-state index in [2.05, 4.69) is 18.8 Å². The van der Waals surface area contributed by atoms with Crippen molar-refractivity contribution >= 4 is 27.4 Å². The van der Waals surface area contributed by atoms with Crippen molar-refractivity contribution in [3.8, 4) is 5.75 Å². The largest absolute Gasteiger partial charge is 0.468 e. The van der Waals surface area contributed by atoms with Crippen LogP contribution in [0.2, 0.25) is 5.02 Å². The molecule has 3 nitrogen and oxygen atoms in total. The number of carbonyl (C=O) groups excluding carboxylic acids is 1. The fourth-order valence-corrected chi connectivity index (χ4v) is 2.27. The first-order chi connectivity index (χ1) is 8.79. The number of hydrogen-bond acceptors (Lipinski definition) is 3. The Morgan fingerprint density at radius 2 is 2.00 bits per heavy atom. The van der Waals surface area contributed by atoms with Gasteiger partial charge in [-0.3, -0.25) is 4.79 Å². The Kier molecular flexibility index (Phi) is 6.17. The molecule has 0 spiro atoms. The first kappa shape index (κ1) is 16.3. The molecule has 0 heterocycles. The Bertz CT molecular complexity index is 441. The minimum absolute atomic E-state index is 0.0547. The molecule has 0 aliphatic carbocycles. The minimum atomic E-state index is -0.530. The molecule has 1 rings (SSSR count). The fourth-order valence-electron chi connectivity index (χ4n) is 1.35. The molecule has 5 heteroatoms. The number of ether oxygens (including phenoxy) is 2. The molecule has 0 unspecified atom stereocenters. The van der Waals surface area contributed by atoms with Crippen molar-refractivity contribution in [3.05, 3.63) is 28.8 Å². The van der Waals surface area contributed by atoms with Crippen LogP contribution in [0.3, 0.4) is 0 Å². The molecule has 0 saturated carbocycles. The zero-order valence-corrected chi connectivity index (χ0v) is 13.4. The van der Waals surface area contributed by atoms with E-state index >= 15 is 0 Å². The quantitative estimate of drug-likeness (QED) is 0.439. The van der Waals surface area contributed by atoms with Gasteiger partial charge in [-0.25, -0.2) is 10.0 Å². The molecule has 0 aliphatic heterocycles. The van der Waals surface area contributed by atoms with Gasteiger partial charge in [0.05, 0.1) is 11.6 Å². The predicted molar refractivity (Wildman–Crippen MR) is 83.1 cm³/mol. The third kappa shape index (κ3) is 6.32. The average Bonchev–Trinajstić information content (AvgIpc) is 2.26. The van der Waals surface area contributed by atoms with E-state index in [1.54, 1.807) is 18.2 Å². The Morgan fingerprint density at radius 3 is 2.53 bits per heavy atom. The van der Waals surface area contributed by atoms with Crippen LogP contribution in [0.4, 0.5) is 0 Å². The summed E-state index contributed by atoms with van der Waals surface area (Å²) in [5.74, 6) is 1.61. The highest BCUT2D eigenvalue weighted by Gasteiger charge is 2.07. The monoisotopic (exact) mass is 304 g/mol. The van der Waals surface area contributed by atoms with Gasteiger partial charge in [0, 0.05) is 11.3 Å². The molecule has 0 bridgehead atoms. The molecule has 0 radical (unpaired) electrons. The van der Waals surface area contributed by atoms with Crippen LogP contribution in [0.1, 0.15) is 17.3 Å². The zero-order chi connectivity index (χ0) is 14.5. The Balaban J connectivity index is 2.38. The van der Waals surface area contributed by atoms with Crippen LogP contribution >= 0.6 is 21.6 Å². The topological polar surface area (TPSA) is 35.5 Å². The Labute approximate surface area is 121 Å². The van der Waals surface area contributed by atoms with Crippen molar-refractivity contribution in [2.45, 2.75) is 6.92 Å². The van der Waals surface area contributed by atoms with Crippen LogP contribution < -0.4 is 4.74 Å². The van der Waals surface area contributed by atoms with Crippen LogP contribution in [0.5, 0.6) is 5.75 Å². The SMILES string of the molecule is CC(=O)c1ccc(OCOCCS(C)(C)C)cc1Cl. The van der Waals surface area contributed by atoms with Crippen LogP contribution in [-0.2, 0) is 4.74 Å². The van der Waals surface area contributed by atoms with Crippen LogP contribution in [-0.4, -0.2) is 43.7 Å². The summed E-state index contributed by atoms with van der Waals surface area (Å²) in [4.78, 5) is 11.2. The van der Waals surface area contributed by atoms with Gasteiger partial charge in [-0.2, -0.15) is 0 Å². The highest BCUT2D eigenvalue weighted by atomic mass is 35.5. The molecule has 1 aromatic carbocycles. The van der Waals surface area contributed by atoms with Crippen molar-refractivity contribution in [2.75, 3.05) is 37.9 Å². The smallest absolute Gasteiger partial charge is 0.189 e. The maximum atomic E-state index is 11.2. The number of rotatable bonds is 7. The van der Waals surface area contributed by atoms with Crippen molar-refractivity contribution in [1.29, 1.82) is 0 Å². The van der Waals surface area contributed by atoms with Crippen LogP contribution in [0.15, 0.2) is 18.2 Å². The number of carbonyl (C=O) groups is 1. The van der Waals surface area contributed by atoms with Gasteiger partial charge in [-0.05, 0) is 43.9 Å². The summed E-state index contributed by atoms with van der Waals surface area (Å²) < 4.78 is 10.8. The van der Waals surface area contributed by atoms with Crippen molar-refractivity contribution in [3.63, 3.8) is 0 Å². The summed E-state index contributed by atoms with van der Waals surface area (Å²) in [7, 11) is -0.530. The maximum absolute atomic E-state index is 11.2. The van der Waals surface area contributed by atoms with Crippen LogP contribution in [0.25, 0.3) is 0 Å². The van der Waals surface area contributed by atoms with E-state index in [-0.39, 0.29) is 12.6 Å².